The van der Waals surface area contributed by atoms with E-state index >= 15 is 0 Å². The summed E-state index contributed by atoms with van der Waals surface area (Å²) >= 11 is 5.14. The molecule has 70 valence electrons. The Bertz CT molecular complexity index is 173. The molecule has 0 unspecified atom stereocenters. The van der Waals surface area contributed by atoms with Crippen molar-refractivity contribution in [2.75, 3.05) is 6.54 Å². The van der Waals surface area contributed by atoms with E-state index in [2.05, 4.69) is 31.4 Å². The van der Waals surface area contributed by atoms with Crippen LogP contribution in [0.15, 0.2) is 0 Å². The zero-order chi connectivity index (χ0) is 9.19. The number of rotatable bonds is 3. The lowest BCUT2D eigenvalue weighted by atomic mass is 10.0. The van der Waals surface area contributed by atoms with Crippen LogP contribution in [0.1, 0.15) is 33.6 Å². The Hall–Kier alpha value is -0.310. The van der Waals surface area contributed by atoms with Crippen LogP contribution in [0, 0.1) is 5.92 Å². The highest BCUT2D eigenvalue weighted by molar-refractivity contribution is 7.80. The molecule has 0 bridgehead atoms. The first-order valence-electron chi connectivity index (χ1n) is 4.67. The minimum absolute atomic E-state index is 0.319. The first-order valence-corrected chi connectivity index (χ1v) is 5.07. The van der Waals surface area contributed by atoms with E-state index in [1.807, 2.05) is 0 Å². The molecule has 0 spiro atoms. The minimum atomic E-state index is 0.319. The largest absolute Gasteiger partial charge is 0.363 e. The van der Waals surface area contributed by atoms with Gasteiger partial charge in [-0.05, 0) is 37.9 Å². The van der Waals surface area contributed by atoms with Crippen LogP contribution in [0.4, 0.5) is 0 Å². The molecule has 0 aliphatic heterocycles. The molecule has 2 nitrogen and oxygen atoms in total. The van der Waals surface area contributed by atoms with Crippen molar-refractivity contribution in [2.24, 2.45) is 5.92 Å². The van der Waals surface area contributed by atoms with Crippen molar-refractivity contribution < 1.29 is 0 Å². The fraction of sp³-hybridized carbons (Fsp3) is 0.889. The van der Waals surface area contributed by atoms with Crippen molar-refractivity contribution in [1.29, 1.82) is 0 Å². The molecule has 0 radical (unpaired) electrons. The Labute approximate surface area is 80.1 Å². The summed E-state index contributed by atoms with van der Waals surface area (Å²) in [6.07, 6.45) is 2.52. The third-order valence-corrected chi connectivity index (χ3v) is 2.84. The van der Waals surface area contributed by atoms with E-state index in [0.29, 0.717) is 11.5 Å². The van der Waals surface area contributed by atoms with Crippen LogP contribution in [0.5, 0.6) is 0 Å². The van der Waals surface area contributed by atoms with Crippen LogP contribution in [-0.2, 0) is 0 Å². The third-order valence-electron chi connectivity index (χ3n) is 2.59. The summed E-state index contributed by atoms with van der Waals surface area (Å²) in [5.74, 6) is 0.675. The van der Waals surface area contributed by atoms with E-state index in [0.717, 1.165) is 11.7 Å². The first-order chi connectivity index (χ1) is 5.60. The van der Waals surface area contributed by atoms with Gasteiger partial charge >= 0.3 is 0 Å². The molecule has 3 heteroatoms. The highest BCUT2D eigenvalue weighted by Crippen LogP contribution is 2.41. The lowest BCUT2D eigenvalue weighted by molar-refractivity contribution is 0.433. The van der Waals surface area contributed by atoms with E-state index in [-0.39, 0.29) is 0 Å². The van der Waals surface area contributed by atoms with E-state index in [1.165, 1.54) is 12.8 Å². The van der Waals surface area contributed by atoms with Crippen LogP contribution in [0.25, 0.3) is 0 Å². The van der Waals surface area contributed by atoms with Gasteiger partial charge in [-0.2, -0.15) is 0 Å². The van der Waals surface area contributed by atoms with Gasteiger partial charge in [0, 0.05) is 12.1 Å². The van der Waals surface area contributed by atoms with Gasteiger partial charge < -0.3 is 10.6 Å². The lowest BCUT2D eigenvalue weighted by Gasteiger charge is -2.23. The highest BCUT2D eigenvalue weighted by atomic mass is 32.1. The number of nitrogens with one attached hydrogen (secondary N) is 2. The molecule has 0 atom stereocenters. The van der Waals surface area contributed by atoms with Crippen molar-refractivity contribution >= 4 is 17.3 Å². The first kappa shape index (κ1) is 9.78. The minimum Gasteiger partial charge on any atom is -0.363 e. The van der Waals surface area contributed by atoms with Crippen molar-refractivity contribution in [3.63, 3.8) is 0 Å². The van der Waals surface area contributed by atoms with Crippen LogP contribution in [0.3, 0.4) is 0 Å². The third kappa shape index (κ3) is 2.09. The Morgan fingerprint density at radius 2 is 2.08 bits per heavy atom. The molecule has 0 aromatic rings. The van der Waals surface area contributed by atoms with E-state index in [4.69, 9.17) is 12.2 Å². The van der Waals surface area contributed by atoms with Crippen LogP contribution in [-0.4, -0.2) is 17.2 Å². The Kier molecular flexibility index (Phi) is 2.94. The molecule has 2 N–H and O–H groups in total. The van der Waals surface area contributed by atoms with Gasteiger partial charge in [-0.25, -0.2) is 0 Å². The maximum absolute atomic E-state index is 5.14. The summed E-state index contributed by atoms with van der Waals surface area (Å²) in [5, 5.41) is 7.31. The molecule has 0 amide bonds. The second kappa shape index (κ2) is 3.60. The summed E-state index contributed by atoms with van der Waals surface area (Å²) in [4.78, 5) is 0. The molecule has 0 aromatic heterocycles. The smallest absolute Gasteiger partial charge is 0.166 e. The van der Waals surface area contributed by atoms with Crippen LogP contribution in [0.2, 0.25) is 0 Å². The molecule has 1 aliphatic rings. The Morgan fingerprint density at radius 1 is 1.50 bits per heavy atom. The predicted octanol–water partition coefficient (Wildman–Crippen LogP) is 1.66. The quantitative estimate of drug-likeness (QED) is 0.656. The molecule has 1 fully saturated rings. The summed E-state index contributed by atoms with van der Waals surface area (Å²) in [6, 6.07) is 0. The Balaban J connectivity index is 2.35. The van der Waals surface area contributed by atoms with Gasteiger partial charge in [0.2, 0.25) is 0 Å². The predicted molar refractivity (Wildman–Crippen MR) is 56.2 cm³/mol. The molecule has 0 saturated heterocycles. The van der Waals surface area contributed by atoms with Gasteiger partial charge in [0.1, 0.15) is 0 Å². The SMILES string of the molecule is CCNC(=S)NC1(C(C)C)CC1. The van der Waals surface area contributed by atoms with Crippen molar-refractivity contribution in [1.82, 2.24) is 10.6 Å². The summed E-state index contributed by atoms with van der Waals surface area (Å²) in [6.45, 7) is 7.45. The second-order valence-corrected chi connectivity index (χ2v) is 4.20. The fourth-order valence-corrected chi connectivity index (χ4v) is 1.76. The van der Waals surface area contributed by atoms with Crippen LogP contribution < -0.4 is 10.6 Å². The zero-order valence-corrected chi connectivity index (χ0v) is 8.92. The molecular formula is C9H18N2S. The molecule has 1 aliphatic carbocycles. The molecule has 1 rings (SSSR count). The fourth-order valence-electron chi connectivity index (χ4n) is 1.41. The van der Waals surface area contributed by atoms with Gasteiger partial charge in [-0.15, -0.1) is 0 Å². The summed E-state index contributed by atoms with van der Waals surface area (Å²) in [5.41, 5.74) is 0.319. The van der Waals surface area contributed by atoms with Crippen molar-refractivity contribution in [2.45, 2.75) is 39.2 Å². The number of hydrogen-bond acceptors (Lipinski definition) is 1. The topological polar surface area (TPSA) is 24.1 Å². The maximum Gasteiger partial charge on any atom is 0.166 e. The van der Waals surface area contributed by atoms with Gasteiger partial charge in [0.05, 0.1) is 0 Å². The van der Waals surface area contributed by atoms with Crippen LogP contribution >= 0.6 is 12.2 Å². The average molecular weight is 186 g/mol. The average Bonchev–Trinajstić information content (AvgIpc) is 2.69. The van der Waals surface area contributed by atoms with Crippen molar-refractivity contribution in [3.05, 3.63) is 0 Å². The van der Waals surface area contributed by atoms with E-state index in [1.54, 1.807) is 0 Å². The molecule has 12 heavy (non-hydrogen) atoms. The molecule has 1 saturated carbocycles. The molecule has 0 heterocycles. The highest BCUT2D eigenvalue weighted by Gasteiger charge is 2.45. The van der Waals surface area contributed by atoms with Crippen molar-refractivity contribution in [3.8, 4) is 0 Å². The zero-order valence-electron chi connectivity index (χ0n) is 8.11. The number of thiocarbonyl (C=S) groups is 1. The van der Waals surface area contributed by atoms with E-state index < -0.39 is 0 Å². The standard InChI is InChI=1S/C9H18N2S/c1-4-10-8(12)11-9(5-6-9)7(2)3/h7H,4-6H2,1-3H3,(H2,10,11,12). The monoisotopic (exact) mass is 186 g/mol. The van der Waals surface area contributed by atoms with Gasteiger partial charge in [0.15, 0.2) is 5.11 Å². The summed E-state index contributed by atoms with van der Waals surface area (Å²) in [7, 11) is 0. The van der Waals surface area contributed by atoms with Gasteiger partial charge in [-0.1, -0.05) is 13.8 Å². The van der Waals surface area contributed by atoms with E-state index in [9.17, 15) is 0 Å². The van der Waals surface area contributed by atoms with Gasteiger partial charge in [0.25, 0.3) is 0 Å². The lowest BCUT2D eigenvalue weighted by Crippen LogP contribution is -2.45. The second-order valence-electron chi connectivity index (χ2n) is 3.80. The summed E-state index contributed by atoms with van der Waals surface area (Å²) < 4.78 is 0. The number of hydrogen-bond donors (Lipinski definition) is 2. The molecule has 0 aromatic carbocycles. The maximum atomic E-state index is 5.14. The Morgan fingerprint density at radius 3 is 2.42 bits per heavy atom. The molecular weight excluding hydrogens is 168 g/mol. The normalized spacial score (nSPS) is 19.0. The van der Waals surface area contributed by atoms with Gasteiger partial charge in [-0.3, -0.25) is 0 Å².